The van der Waals surface area contributed by atoms with Gasteiger partial charge in [-0.3, -0.25) is 0 Å². The van der Waals surface area contributed by atoms with Gasteiger partial charge in [0.15, 0.2) is 0 Å². The number of methoxy groups -OCH3 is 1. The summed E-state index contributed by atoms with van der Waals surface area (Å²) in [6, 6.07) is 6.35. The Morgan fingerprint density at radius 1 is 1.47 bits per heavy atom. The molecule has 0 fully saturated rings. The largest absolute Gasteiger partial charge is 0.497 e. The number of benzene rings is 1. The molecule has 0 saturated heterocycles. The van der Waals surface area contributed by atoms with Gasteiger partial charge in [0.1, 0.15) is 18.1 Å². The second-order valence-corrected chi connectivity index (χ2v) is 3.47. The zero-order valence-corrected chi connectivity index (χ0v) is 9.76. The van der Waals surface area contributed by atoms with Crippen molar-refractivity contribution < 1.29 is 9.47 Å². The molecule has 1 aliphatic heterocycles. The molecule has 84 valence electrons. The Kier molecular flexibility index (Phi) is 4.24. The van der Waals surface area contributed by atoms with Crippen LogP contribution in [-0.4, -0.2) is 26.8 Å². The fourth-order valence-electron chi connectivity index (χ4n) is 1.68. The molecule has 0 aliphatic carbocycles. The molecule has 0 bridgehead atoms. The van der Waals surface area contributed by atoms with E-state index in [0.29, 0.717) is 6.04 Å². The van der Waals surface area contributed by atoms with Crippen LogP contribution in [0.5, 0.6) is 11.5 Å². The van der Waals surface area contributed by atoms with Crippen LogP contribution in [0.15, 0.2) is 18.2 Å². The summed E-state index contributed by atoms with van der Waals surface area (Å²) >= 11 is 0. The number of fused-ring (bicyclic) bond motifs is 1. The normalized spacial score (nSPS) is 18.4. The number of hydrogen-bond donors (Lipinski definition) is 1. The van der Waals surface area contributed by atoms with Crippen molar-refractivity contribution in [3.8, 4) is 11.5 Å². The zero-order chi connectivity index (χ0) is 9.97. The van der Waals surface area contributed by atoms with E-state index in [-0.39, 0.29) is 12.4 Å². The van der Waals surface area contributed by atoms with E-state index in [2.05, 4.69) is 5.32 Å². The lowest BCUT2D eigenvalue weighted by atomic mass is 10.0. The minimum absolute atomic E-state index is 0. The lowest BCUT2D eigenvalue weighted by molar-refractivity contribution is 0.245. The Morgan fingerprint density at radius 3 is 2.93 bits per heavy atom. The number of rotatable bonds is 2. The first kappa shape index (κ1) is 12.1. The number of nitrogens with one attached hydrogen (secondary N) is 1. The molecule has 1 aromatic carbocycles. The maximum atomic E-state index is 5.61. The summed E-state index contributed by atoms with van der Waals surface area (Å²) in [5, 5.41) is 3.22. The van der Waals surface area contributed by atoms with E-state index >= 15 is 0 Å². The summed E-state index contributed by atoms with van der Waals surface area (Å²) in [7, 11) is 3.64. The van der Waals surface area contributed by atoms with Crippen molar-refractivity contribution in [1.82, 2.24) is 5.32 Å². The minimum Gasteiger partial charge on any atom is -0.497 e. The van der Waals surface area contributed by atoms with Gasteiger partial charge >= 0.3 is 0 Å². The molecule has 1 N–H and O–H groups in total. The molecule has 0 amide bonds. The summed E-state index contributed by atoms with van der Waals surface area (Å²) in [6.07, 6.45) is 1.00. The van der Waals surface area contributed by atoms with Crippen LogP contribution in [0, 0.1) is 0 Å². The van der Waals surface area contributed by atoms with E-state index in [0.717, 1.165) is 24.5 Å². The van der Waals surface area contributed by atoms with Crippen LogP contribution in [-0.2, 0) is 6.42 Å². The molecular formula is C11H16ClNO2. The van der Waals surface area contributed by atoms with Crippen LogP contribution in [0.4, 0.5) is 0 Å². The SMILES string of the molecule is CNC1COc2ccc(OC)cc2C1.Cl. The average molecular weight is 230 g/mol. The number of halogens is 1. The summed E-state index contributed by atoms with van der Waals surface area (Å²) < 4.78 is 10.8. The van der Waals surface area contributed by atoms with Crippen LogP contribution >= 0.6 is 12.4 Å². The third-order valence-electron chi connectivity index (χ3n) is 2.58. The highest BCUT2D eigenvalue weighted by atomic mass is 35.5. The quantitative estimate of drug-likeness (QED) is 0.837. The van der Waals surface area contributed by atoms with Crippen LogP contribution in [0.1, 0.15) is 5.56 Å². The van der Waals surface area contributed by atoms with Crippen molar-refractivity contribution in [2.24, 2.45) is 0 Å². The molecule has 2 rings (SSSR count). The highest BCUT2D eigenvalue weighted by Gasteiger charge is 2.18. The van der Waals surface area contributed by atoms with E-state index in [4.69, 9.17) is 9.47 Å². The van der Waals surface area contributed by atoms with Crippen LogP contribution < -0.4 is 14.8 Å². The van der Waals surface area contributed by atoms with Crippen molar-refractivity contribution in [3.63, 3.8) is 0 Å². The molecule has 1 aromatic rings. The maximum absolute atomic E-state index is 5.61. The van der Waals surface area contributed by atoms with Gasteiger partial charge in [-0.05, 0) is 37.2 Å². The Balaban J connectivity index is 0.00000112. The van der Waals surface area contributed by atoms with Gasteiger partial charge in [0.25, 0.3) is 0 Å². The van der Waals surface area contributed by atoms with Gasteiger partial charge in [-0.25, -0.2) is 0 Å². The molecule has 3 nitrogen and oxygen atoms in total. The molecule has 4 heteroatoms. The molecule has 0 aromatic heterocycles. The van der Waals surface area contributed by atoms with Gasteiger partial charge < -0.3 is 14.8 Å². The van der Waals surface area contributed by atoms with E-state index in [1.807, 2.05) is 25.2 Å². The van der Waals surface area contributed by atoms with Gasteiger partial charge in [-0.15, -0.1) is 12.4 Å². The molecule has 0 spiro atoms. The van der Waals surface area contributed by atoms with Crippen LogP contribution in [0.25, 0.3) is 0 Å². The topological polar surface area (TPSA) is 30.5 Å². The molecule has 1 heterocycles. The van der Waals surface area contributed by atoms with Gasteiger partial charge in [-0.2, -0.15) is 0 Å². The Hall–Kier alpha value is -0.930. The van der Waals surface area contributed by atoms with Crippen LogP contribution in [0.2, 0.25) is 0 Å². The fraction of sp³-hybridized carbons (Fsp3) is 0.455. The van der Waals surface area contributed by atoms with Gasteiger partial charge in [0.05, 0.1) is 7.11 Å². The Labute approximate surface area is 96.2 Å². The lowest BCUT2D eigenvalue weighted by Crippen LogP contribution is -2.36. The monoisotopic (exact) mass is 229 g/mol. The second-order valence-electron chi connectivity index (χ2n) is 3.47. The summed E-state index contributed by atoms with van der Waals surface area (Å²) in [4.78, 5) is 0. The number of likely N-dealkylation sites (N-methyl/N-ethyl adjacent to an activating group) is 1. The summed E-state index contributed by atoms with van der Waals surface area (Å²) in [6.45, 7) is 0.746. The standard InChI is InChI=1S/C11H15NO2.ClH/c1-12-9-5-8-6-10(13-2)3-4-11(8)14-7-9;/h3-4,6,9,12H,5,7H2,1-2H3;1H. The minimum atomic E-state index is 0. The van der Waals surface area contributed by atoms with Gasteiger partial charge in [0.2, 0.25) is 0 Å². The summed E-state index contributed by atoms with van der Waals surface area (Å²) in [5.74, 6) is 1.88. The first-order valence-corrected chi connectivity index (χ1v) is 4.80. The fourth-order valence-corrected chi connectivity index (χ4v) is 1.68. The molecular weight excluding hydrogens is 214 g/mol. The van der Waals surface area contributed by atoms with E-state index < -0.39 is 0 Å². The Bertz CT molecular complexity index is 330. The maximum Gasteiger partial charge on any atom is 0.122 e. The third kappa shape index (κ3) is 2.55. The van der Waals surface area contributed by atoms with Gasteiger partial charge in [0, 0.05) is 6.04 Å². The third-order valence-corrected chi connectivity index (χ3v) is 2.58. The molecule has 0 radical (unpaired) electrons. The van der Waals surface area contributed by atoms with Crippen molar-refractivity contribution in [3.05, 3.63) is 23.8 Å². The lowest BCUT2D eigenvalue weighted by Gasteiger charge is -2.25. The highest BCUT2D eigenvalue weighted by molar-refractivity contribution is 5.85. The molecule has 15 heavy (non-hydrogen) atoms. The zero-order valence-electron chi connectivity index (χ0n) is 8.95. The number of hydrogen-bond acceptors (Lipinski definition) is 3. The predicted molar refractivity (Wildman–Crippen MR) is 62.3 cm³/mol. The number of ether oxygens (including phenoxy) is 2. The average Bonchev–Trinajstić information content (AvgIpc) is 2.27. The highest BCUT2D eigenvalue weighted by Crippen LogP contribution is 2.28. The van der Waals surface area contributed by atoms with Crippen LogP contribution in [0.3, 0.4) is 0 Å². The molecule has 1 unspecified atom stereocenters. The van der Waals surface area contributed by atoms with E-state index in [1.165, 1.54) is 5.56 Å². The van der Waals surface area contributed by atoms with E-state index in [9.17, 15) is 0 Å². The van der Waals surface area contributed by atoms with Crippen molar-refractivity contribution in [2.75, 3.05) is 20.8 Å². The van der Waals surface area contributed by atoms with Crippen molar-refractivity contribution >= 4 is 12.4 Å². The first-order chi connectivity index (χ1) is 6.83. The predicted octanol–water partition coefficient (Wildman–Crippen LogP) is 1.64. The second kappa shape index (κ2) is 5.24. The Morgan fingerprint density at radius 2 is 2.27 bits per heavy atom. The molecule has 0 saturated carbocycles. The van der Waals surface area contributed by atoms with Gasteiger partial charge in [-0.1, -0.05) is 0 Å². The molecule has 1 atom stereocenters. The van der Waals surface area contributed by atoms with E-state index in [1.54, 1.807) is 7.11 Å². The smallest absolute Gasteiger partial charge is 0.122 e. The van der Waals surface area contributed by atoms with Crippen molar-refractivity contribution in [2.45, 2.75) is 12.5 Å². The molecule has 1 aliphatic rings. The summed E-state index contributed by atoms with van der Waals surface area (Å²) in [5.41, 5.74) is 1.22. The van der Waals surface area contributed by atoms with Crippen molar-refractivity contribution in [1.29, 1.82) is 0 Å². The first-order valence-electron chi connectivity index (χ1n) is 4.80.